The molecule has 0 aliphatic heterocycles. The van der Waals surface area contributed by atoms with Gasteiger partial charge in [-0.2, -0.15) is 0 Å². The van der Waals surface area contributed by atoms with Crippen LogP contribution < -0.4 is 11.1 Å². The predicted octanol–water partition coefficient (Wildman–Crippen LogP) is 1.54. The van der Waals surface area contributed by atoms with Gasteiger partial charge < -0.3 is 15.8 Å². The van der Waals surface area contributed by atoms with Crippen molar-refractivity contribution in [3.8, 4) is 0 Å². The molecule has 0 unspecified atom stereocenters. The zero-order chi connectivity index (χ0) is 11.4. The van der Waals surface area contributed by atoms with Gasteiger partial charge in [-0.05, 0) is 30.5 Å². The van der Waals surface area contributed by atoms with Crippen molar-refractivity contribution >= 4 is 5.69 Å². The molecule has 0 radical (unpaired) electrons. The minimum atomic E-state index is 0.363. The van der Waals surface area contributed by atoms with Gasteiger partial charge in [0, 0.05) is 31.3 Å². The first kappa shape index (κ1) is 11.4. The fourth-order valence-electron chi connectivity index (χ4n) is 2.06. The van der Waals surface area contributed by atoms with E-state index in [-0.39, 0.29) is 0 Å². The zero-order valence-electron chi connectivity index (χ0n) is 9.83. The van der Waals surface area contributed by atoms with Crippen LogP contribution in [0.1, 0.15) is 18.4 Å². The molecule has 0 amide bonds. The lowest BCUT2D eigenvalue weighted by Gasteiger charge is -2.16. The van der Waals surface area contributed by atoms with Gasteiger partial charge in [-0.1, -0.05) is 12.1 Å². The molecule has 16 heavy (non-hydrogen) atoms. The molecule has 3 nitrogen and oxygen atoms in total. The average Bonchev–Trinajstić information content (AvgIpc) is 3.07. The van der Waals surface area contributed by atoms with E-state index < -0.39 is 0 Å². The monoisotopic (exact) mass is 220 g/mol. The van der Waals surface area contributed by atoms with Gasteiger partial charge in [0.2, 0.25) is 0 Å². The van der Waals surface area contributed by atoms with Crippen LogP contribution in [-0.2, 0) is 10.2 Å². The Morgan fingerprint density at radius 1 is 1.31 bits per heavy atom. The first-order valence-corrected chi connectivity index (χ1v) is 5.82. The van der Waals surface area contributed by atoms with Gasteiger partial charge in [0.15, 0.2) is 0 Å². The number of anilines is 1. The molecule has 0 atom stereocenters. The second kappa shape index (κ2) is 4.85. The fourth-order valence-corrected chi connectivity index (χ4v) is 2.06. The number of ether oxygens (including phenoxy) is 1. The van der Waals surface area contributed by atoms with Crippen LogP contribution in [-0.4, -0.2) is 26.8 Å². The third kappa shape index (κ3) is 2.54. The quantitative estimate of drug-likeness (QED) is 0.564. The number of benzene rings is 1. The van der Waals surface area contributed by atoms with Crippen LogP contribution in [0, 0.1) is 0 Å². The van der Waals surface area contributed by atoms with Crippen molar-refractivity contribution in [3.05, 3.63) is 29.8 Å². The van der Waals surface area contributed by atoms with E-state index in [9.17, 15) is 0 Å². The van der Waals surface area contributed by atoms with Gasteiger partial charge in [0.25, 0.3) is 0 Å². The third-order valence-corrected chi connectivity index (χ3v) is 3.32. The van der Waals surface area contributed by atoms with E-state index in [0.717, 1.165) is 25.4 Å². The Hall–Kier alpha value is -1.06. The Morgan fingerprint density at radius 3 is 2.56 bits per heavy atom. The van der Waals surface area contributed by atoms with Gasteiger partial charge in [-0.15, -0.1) is 0 Å². The molecule has 0 heterocycles. The maximum atomic E-state index is 5.70. The van der Waals surface area contributed by atoms with Crippen LogP contribution in [0.15, 0.2) is 24.3 Å². The number of rotatable bonds is 6. The lowest BCUT2D eigenvalue weighted by molar-refractivity contribution is 0.198. The van der Waals surface area contributed by atoms with Crippen LogP contribution in [0.4, 0.5) is 5.69 Å². The molecule has 1 saturated carbocycles. The molecule has 0 spiro atoms. The number of nitrogens with two attached hydrogens (primary N) is 1. The van der Waals surface area contributed by atoms with E-state index in [4.69, 9.17) is 10.5 Å². The standard InChI is InChI=1S/C13H20N2O/c1-16-9-8-15-10-13(6-7-13)11-2-4-12(14)5-3-11/h2-5,15H,6-10,14H2,1H3. The summed E-state index contributed by atoms with van der Waals surface area (Å²) in [7, 11) is 1.73. The van der Waals surface area contributed by atoms with Crippen molar-refractivity contribution in [2.45, 2.75) is 18.3 Å². The van der Waals surface area contributed by atoms with Crippen LogP contribution >= 0.6 is 0 Å². The molecule has 1 aromatic rings. The molecule has 1 fully saturated rings. The Bertz CT molecular complexity index is 330. The van der Waals surface area contributed by atoms with Gasteiger partial charge in [0.1, 0.15) is 0 Å². The maximum Gasteiger partial charge on any atom is 0.0587 e. The van der Waals surface area contributed by atoms with Crippen LogP contribution in [0.3, 0.4) is 0 Å². The number of hydrogen-bond donors (Lipinski definition) is 2. The van der Waals surface area contributed by atoms with Crippen molar-refractivity contribution < 1.29 is 4.74 Å². The molecule has 1 aromatic carbocycles. The summed E-state index contributed by atoms with van der Waals surface area (Å²) in [5, 5.41) is 3.45. The highest BCUT2D eigenvalue weighted by Gasteiger charge is 2.43. The topological polar surface area (TPSA) is 47.3 Å². The zero-order valence-corrected chi connectivity index (χ0v) is 9.83. The molecule has 2 rings (SSSR count). The summed E-state index contributed by atoms with van der Waals surface area (Å²) in [6, 6.07) is 8.29. The first-order valence-electron chi connectivity index (χ1n) is 5.82. The fraction of sp³-hybridized carbons (Fsp3) is 0.538. The third-order valence-electron chi connectivity index (χ3n) is 3.32. The summed E-state index contributed by atoms with van der Waals surface area (Å²) >= 11 is 0. The van der Waals surface area contributed by atoms with E-state index in [1.54, 1.807) is 7.11 Å². The highest BCUT2D eigenvalue weighted by atomic mass is 16.5. The Morgan fingerprint density at radius 2 is 2.00 bits per heavy atom. The molecule has 3 heteroatoms. The van der Waals surface area contributed by atoms with Crippen molar-refractivity contribution in [1.82, 2.24) is 5.32 Å². The lowest BCUT2D eigenvalue weighted by Crippen LogP contribution is -2.29. The second-order valence-electron chi connectivity index (χ2n) is 4.57. The summed E-state index contributed by atoms with van der Waals surface area (Å²) in [6.45, 7) is 2.74. The van der Waals surface area contributed by atoms with E-state index >= 15 is 0 Å². The smallest absolute Gasteiger partial charge is 0.0587 e. The largest absolute Gasteiger partial charge is 0.399 e. The van der Waals surface area contributed by atoms with E-state index in [1.807, 2.05) is 12.1 Å². The Kier molecular flexibility index (Phi) is 3.46. The van der Waals surface area contributed by atoms with Gasteiger partial charge in [0.05, 0.1) is 6.61 Å². The summed E-state index contributed by atoms with van der Waals surface area (Å²) in [6.07, 6.45) is 2.55. The van der Waals surface area contributed by atoms with Crippen molar-refractivity contribution in [2.24, 2.45) is 0 Å². The Balaban J connectivity index is 1.90. The molecule has 1 aliphatic rings. The highest BCUT2D eigenvalue weighted by molar-refractivity contribution is 5.43. The molecule has 1 aliphatic carbocycles. The van der Waals surface area contributed by atoms with Gasteiger partial charge in [-0.25, -0.2) is 0 Å². The molecule has 88 valence electrons. The van der Waals surface area contributed by atoms with E-state index in [1.165, 1.54) is 18.4 Å². The number of nitrogens with one attached hydrogen (secondary N) is 1. The van der Waals surface area contributed by atoms with Crippen LogP contribution in [0.2, 0.25) is 0 Å². The van der Waals surface area contributed by atoms with Crippen molar-refractivity contribution in [3.63, 3.8) is 0 Å². The number of nitrogen functional groups attached to an aromatic ring is 1. The predicted molar refractivity (Wildman–Crippen MR) is 66.5 cm³/mol. The number of methoxy groups -OCH3 is 1. The number of hydrogen-bond acceptors (Lipinski definition) is 3. The van der Waals surface area contributed by atoms with Crippen molar-refractivity contribution in [1.29, 1.82) is 0 Å². The molecular formula is C13H20N2O. The molecule has 0 aromatic heterocycles. The molecular weight excluding hydrogens is 200 g/mol. The van der Waals surface area contributed by atoms with E-state index in [2.05, 4.69) is 17.4 Å². The summed E-state index contributed by atoms with van der Waals surface area (Å²) in [5.41, 5.74) is 8.31. The molecule has 0 bridgehead atoms. The minimum absolute atomic E-state index is 0.363. The van der Waals surface area contributed by atoms with Crippen molar-refractivity contribution in [2.75, 3.05) is 32.5 Å². The molecule has 0 saturated heterocycles. The first-order chi connectivity index (χ1) is 7.77. The molecule has 3 N–H and O–H groups in total. The van der Waals surface area contributed by atoms with Gasteiger partial charge >= 0.3 is 0 Å². The Labute approximate surface area is 97.0 Å². The van der Waals surface area contributed by atoms with Crippen LogP contribution in [0.5, 0.6) is 0 Å². The lowest BCUT2D eigenvalue weighted by atomic mass is 9.96. The van der Waals surface area contributed by atoms with Gasteiger partial charge in [-0.3, -0.25) is 0 Å². The SMILES string of the molecule is COCCNCC1(c2ccc(N)cc2)CC1. The summed E-state index contributed by atoms with van der Waals surface area (Å²) in [4.78, 5) is 0. The second-order valence-corrected chi connectivity index (χ2v) is 4.57. The van der Waals surface area contributed by atoms with Crippen LogP contribution in [0.25, 0.3) is 0 Å². The highest BCUT2D eigenvalue weighted by Crippen LogP contribution is 2.47. The minimum Gasteiger partial charge on any atom is -0.399 e. The average molecular weight is 220 g/mol. The van der Waals surface area contributed by atoms with E-state index in [0.29, 0.717) is 5.41 Å². The summed E-state index contributed by atoms with van der Waals surface area (Å²) < 4.78 is 5.02. The summed E-state index contributed by atoms with van der Waals surface area (Å²) in [5.74, 6) is 0. The normalized spacial score (nSPS) is 17.3. The maximum absolute atomic E-state index is 5.70.